The van der Waals surface area contributed by atoms with E-state index in [0.29, 0.717) is 18.4 Å². The monoisotopic (exact) mass is 296 g/mol. The van der Waals surface area contributed by atoms with Crippen LogP contribution < -0.4 is 10.0 Å². The molecule has 0 bridgehead atoms. The Morgan fingerprint density at radius 3 is 2.35 bits per heavy atom. The van der Waals surface area contributed by atoms with Gasteiger partial charge in [0, 0.05) is 13.1 Å². The summed E-state index contributed by atoms with van der Waals surface area (Å²) in [7, 11) is -3.21. The summed E-state index contributed by atoms with van der Waals surface area (Å²) in [6.45, 7) is 6.55. The Balaban J connectivity index is 1.84. The first-order valence-electron chi connectivity index (χ1n) is 7.26. The molecule has 0 spiro atoms. The van der Waals surface area contributed by atoms with Crippen molar-refractivity contribution in [3.63, 3.8) is 0 Å². The van der Waals surface area contributed by atoms with Gasteiger partial charge in [0.1, 0.15) is 0 Å². The van der Waals surface area contributed by atoms with Gasteiger partial charge in [0.05, 0.1) is 5.75 Å². The predicted octanol–water partition coefficient (Wildman–Crippen LogP) is 1.87. The minimum Gasteiger partial charge on any atom is -0.313 e. The smallest absolute Gasteiger partial charge is 0.215 e. The summed E-state index contributed by atoms with van der Waals surface area (Å²) >= 11 is 0. The normalized spacial score (nSPS) is 21.9. The summed E-state index contributed by atoms with van der Waals surface area (Å²) in [5, 5.41) is 3.25. The van der Waals surface area contributed by atoms with E-state index in [0.717, 1.165) is 25.1 Å². The Bertz CT molecular complexity index is 525. The molecule has 2 rings (SSSR count). The van der Waals surface area contributed by atoms with Crippen molar-refractivity contribution in [3.8, 4) is 0 Å². The maximum Gasteiger partial charge on any atom is 0.215 e. The van der Waals surface area contributed by atoms with Gasteiger partial charge in [-0.1, -0.05) is 38.1 Å². The Hall–Kier alpha value is -0.910. The lowest BCUT2D eigenvalue weighted by Gasteiger charge is -2.07. The van der Waals surface area contributed by atoms with E-state index < -0.39 is 10.0 Å². The summed E-state index contributed by atoms with van der Waals surface area (Å²) in [5.74, 6) is 1.27. The lowest BCUT2D eigenvalue weighted by Crippen LogP contribution is -2.27. The van der Waals surface area contributed by atoms with Gasteiger partial charge < -0.3 is 5.32 Å². The number of sulfonamides is 1. The van der Waals surface area contributed by atoms with Gasteiger partial charge in [0.25, 0.3) is 0 Å². The lowest BCUT2D eigenvalue weighted by molar-refractivity contribution is 0.573. The van der Waals surface area contributed by atoms with Crippen molar-refractivity contribution in [1.29, 1.82) is 0 Å². The van der Waals surface area contributed by atoms with Crippen LogP contribution in [0.4, 0.5) is 0 Å². The second-order valence-corrected chi connectivity index (χ2v) is 7.48. The van der Waals surface area contributed by atoms with E-state index in [2.05, 4.69) is 23.9 Å². The second kappa shape index (κ2) is 6.70. The molecule has 2 atom stereocenters. The fourth-order valence-electron chi connectivity index (χ4n) is 2.21. The molecule has 1 aromatic rings. The standard InChI is InChI=1S/C15H24N2O2S/c1-3-16-9-13-4-6-14(7-5-13)11-20(18,19)17-10-15-8-12(15)2/h4-7,12,15-17H,3,8-11H2,1-2H3. The van der Waals surface area contributed by atoms with Crippen LogP contribution >= 0.6 is 0 Å². The van der Waals surface area contributed by atoms with Crippen LogP contribution in [-0.2, 0) is 22.3 Å². The van der Waals surface area contributed by atoms with Crippen molar-refractivity contribution in [1.82, 2.24) is 10.0 Å². The number of hydrogen-bond donors (Lipinski definition) is 2. The molecule has 0 aromatic heterocycles. The SMILES string of the molecule is CCNCc1ccc(CS(=O)(=O)NCC2CC2C)cc1. The Kier molecular flexibility index (Phi) is 5.18. The number of hydrogen-bond acceptors (Lipinski definition) is 3. The molecule has 2 unspecified atom stereocenters. The van der Waals surface area contributed by atoms with Gasteiger partial charge in [0.15, 0.2) is 0 Å². The molecular formula is C15H24N2O2S. The first kappa shape index (κ1) is 15.5. The number of nitrogens with one attached hydrogen (secondary N) is 2. The second-order valence-electron chi connectivity index (χ2n) is 5.68. The van der Waals surface area contributed by atoms with Gasteiger partial charge >= 0.3 is 0 Å². The minimum atomic E-state index is -3.21. The first-order valence-corrected chi connectivity index (χ1v) is 8.91. The molecule has 1 fully saturated rings. The maximum absolute atomic E-state index is 12.0. The van der Waals surface area contributed by atoms with Crippen molar-refractivity contribution in [2.75, 3.05) is 13.1 Å². The average molecular weight is 296 g/mol. The van der Waals surface area contributed by atoms with Gasteiger partial charge in [-0.2, -0.15) is 0 Å². The highest BCUT2D eigenvalue weighted by Gasteiger charge is 2.33. The van der Waals surface area contributed by atoms with Crippen molar-refractivity contribution in [2.45, 2.75) is 32.6 Å². The van der Waals surface area contributed by atoms with Gasteiger partial charge in [-0.25, -0.2) is 13.1 Å². The van der Waals surface area contributed by atoms with Crippen LogP contribution in [0.3, 0.4) is 0 Å². The molecule has 0 amide bonds. The lowest BCUT2D eigenvalue weighted by atomic mass is 10.1. The zero-order chi connectivity index (χ0) is 14.6. The molecular weight excluding hydrogens is 272 g/mol. The highest BCUT2D eigenvalue weighted by Crippen LogP contribution is 2.36. The topological polar surface area (TPSA) is 58.2 Å². The van der Waals surface area contributed by atoms with Crippen LogP contribution in [0.5, 0.6) is 0 Å². The molecule has 0 radical (unpaired) electrons. The minimum absolute atomic E-state index is 0.0651. The Morgan fingerprint density at radius 1 is 1.20 bits per heavy atom. The highest BCUT2D eigenvalue weighted by molar-refractivity contribution is 7.88. The largest absolute Gasteiger partial charge is 0.313 e. The molecule has 1 saturated carbocycles. The van der Waals surface area contributed by atoms with E-state index in [1.54, 1.807) is 0 Å². The van der Waals surface area contributed by atoms with E-state index >= 15 is 0 Å². The fourth-order valence-corrected chi connectivity index (χ4v) is 3.41. The van der Waals surface area contributed by atoms with Crippen molar-refractivity contribution in [2.24, 2.45) is 11.8 Å². The van der Waals surface area contributed by atoms with Crippen molar-refractivity contribution >= 4 is 10.0 Å². The van der Waals surface area contributed by atoms with Crippen molar-refractivity contribution in [3.05, 3.63) is 35.4 Å². The summed E-state index contributed by atoms with van der Waals surface area (Å²) in [4.78, 5) is 0. The summed E-state index contributed by atoms with van der Waals surface area (Å²) < 4.78 is 26.7. The van der Waals surface area contributed by atoms with E-state index in [4.69, 9.17) is 0 Å². The average Bonchev–Trinajstić information content (AvgIpc) is 3.12. The third-order valence-corrected chi connectivity index (χ3v) is 5.12. The quantitative estimate of drug-likeness (QED) is 0.770. The van der Waals surface area contributed by atoms with Gasteiger partial charge in [-0.05, 0) is 35.9 Å². The zero-order valence-corrected chi connectivity index (χ0v) is 13.0. The Morgan fingerprint density at radius 2 is 1.80 bits per heavy atom. The number of rotatable bonds is 8. The predicted molar refractivity (Wildman–Crippen MR) is 81.7 cm³/mol. The summed E-state index contributed by atoms with van der Waals surface area (Å²) in [6.07, 6.45) is 1.14. The first-order chi connectivity index (χ1) is 9.50. The molecule has 0 heterocycles. The van der Waals surface area contributed by atoms with Gasteiger partial charge in [-0.3, -0.25) is 0 Å². The molecule has 2 N–H and O–H groups in total. The van der Waals surface area contributed by atoms with Crippen molar-refractivity contribution < 1.29 is 8.42 Å². The fraction of sp³-hybridized carbons (Fsp3) is 0.600. The van der Waals surface area contributed by atoms with Gasteiger partial charge in [-0.15, -0.1) is 0 Å². The van der Waals surface area contributed by atoms with E-state index in [-0.39, 0.29) is 5.75 Å². The molecule has 4 nitrogen and oxygen atoms in total. The highest BCUT2D eigenvalue weighted by atomic mass is 32.2. The van der Waals surface area contributed by atoms with Crippen LogP contribution in [0.15, 0.2) is 24.3 Å². The van der Waals surface area contributed by atoms with E-state index in [1.165, 1.54) is 5.56 Å². The molecule has 0 saturated heterocycles. The molecule has 1 aliphatic rings. The molecule has 1 aromatic carbocycles. The van der Waals surface area contributed by atoms with Gasteiger partial charge in [0.2, 0.25) is 10.0 Å². The third kappa shape index (κ3) is 4.89. The van der Waals surface area contributed by atoms with Crippen LogP contribution in [0.1, 0.15) is 31.4 Å². The molecule has 5 heteroatoms. The summed E-state index contributed by atoms with van der Waals surface area (Å²) in [5.41, 5.74) is 2.01. The Labute approximate surface area is 122 Å². The molecule has 1 aliphatic carbocycles. The molecule has 0 aliphatic heterocycles. The van der Waals surface area contributed by atoms with E-state index in [9.17, 15) is 8.42 Å². The summed E-state index contributed by atoms with van der Waals surface area (Å²) in [6, 6.07) is 7.75. The van der Waals surface area contributed by atoms with Crippen LogP contribution in [0, 0.1) is 11.8 Å². The van der Waals surface area contributed by atoms with Crippen LogP contribution in [0.25, 0.3) is 0 Å². The van der Waals surface area contributed by atoms with Crippen LogP contribution in [0.2, 0.25) is 0 Å². The maximum atomic E-state index is 12.0. The zero-order valence-electron chi connectivity index (χ0n) is 12.2. The van der Waals surface area contributed by atoms with Crippen LogP contribution in [-0.4, -0.2) is 21.5 Å². The molecule has 20 heavy (non-hydrogen) atoms. The van der Waals surface area contributed by atoms with E-state index in [1.807, 2.05) is 24.3 Å². The third-order valence-electron chi connectivity index (χ3n) is 3.80. The molecule has 112 valence electrons. The number of benzene rings is 1.